The molecule has 0 aliphatic carbocycles. The summed E-state index contributed by atoms with van der Waals surface area (Å²) < 4.78 is 3.19. The molecule has 0 unspecified atom stereocenters. The minimum absolute atomic E-state index is 0.549. The molecule has 0 nitrogen and oxygen atoms in total. The van der Waals surface area contributed by atoms with Crippen LogP contribution in [0, 0.1) is 0 Å². The SMILES string of the molecule is B1=C=[As]CC1. The molecule has 0 spiro atoms. The summed E-state index contributed by atoms with van der Waals surface area (Å²) >= 11 is 0.549. The maximum absolute atomic E-state index is 3.19. The average Bonchev–Trinajstić information content (AvgIpc) is 1.76. The number of rotatable bonds is 0. The predicted octanol–water partition coefficient (Wildman–Crippen LogP) is -0.118. The molecule has 0 saturated carbocycles. The Morgan fingerprint density at radius 1 is 1.80 bits per heavy atom. The van der Waals surface area contributed by atoms with Gasteiger partial charge in [-0.2, -0.15) is 0 Å². The van der Waals surface area contributed by atoms with E-state index in [9.17, 15) is 0 Å². The van der Waals surface area contributed by atoms with Crippen LogP contribution in [0.3, 0.4) is 0 Å². The van der Waals surface area contributed by atoms with Crippen molar-refractivity contribution in [3.05, 3.63) is 0 Å². The van der Waals surface area contributed by atoms with Gasteiger partial charge in [-0.25, -0.2) is 0 Å². The Kier molecular flexibility index (Phi) is 1.25. The molecule has 0 saturated heterocycles. The molecule has 0 aromatic carbocycles. The third-order valence-corrected chi connectivity index (χ3v) is 2.34. The van der Waals surface area contributed by atoms with Gasteiger partial charge in [0.2, 0.25) is 0 Å². The van der Waals surface area contributed by atoms with Crippen LogP contribution < -0.4 is 0 Å². The van der Waals surface area contributed by atoms with Crippen LogP contribution in [0.5, 0.6) is 0 Å². The van der Waals surface area contributed by atoms with Crippen molar-refractivity contribution in [3.8, 4) is 0 Å². The van der Waals surface area contributed by atoms with Crippen molar-refractivity contribution in [1.29, 1.82) is 0 Å². The summed E-state index contributed by atoms with van der Waals surface area (Å²) in [4.78, 5) is 0. The molecule has 0 atom stereocenters. The molecule has 0 fully saturated rings. The van der Waals surface area contributed by atoms with Crippen LogP contribution in [-0.4, -0.2) is 26.6 Å². The van der Waals surface area contributed by atoms with Gasteiger partial charge in [0.15, 0.2) is 0 Å². The van der Waals surface area contributed by atoms with Crippen molar-refractivity contribution in [2.24, 2.45) is 0 Å². The monoisotopic (exact) mass is 126 g/mol. The molecule has 1 heterocycles. The van der Waals surface area contributed by atoms with E-state index in [0.717, 1.165) is 0 Å². The second-order valence-electron chi connectivity index (χ2n) is 1.00. The Morgan fingerprint density at radius 2 is 2.80 bits per heavy atom. The van der Waals surface area contributed by atoms with Gasteiger partial charge in [0, 0.05) is 0 Å². The maximum atomic E-state index is 3.19. The van der Waals surface area contributed by atoms with E-state index in [2.05, 4.69) is 11.3 Å². The fraction of sp³-hybridized carbons (Fsp3) is 0.667. The zero-order chi connectivity index (χ0) is 3.54. The van der Waals surface area contributed by atoms with Crippen molar-refractivity contribution in [2.45, 2.75) is 11.5 Å². The van der Waals surface area contributed by atoms with Crippen LogP contribution >= 0.6 is 0 Å². The zero-order valence-corrected chi connectivity index (χ0v) is 4.82. The molecule has 1 aliphatic rings. The van der Waals surface area contributed by atoms with Gasteiger partial charge in [-0.15, -0.1) is 0 Å². The molecule has 0 aromatic rings. The molecule has 5 heavy (non-hydrogen) atoms. The third-order valence-electron chi connectivity index (χ3n) is 0.568. The average molecular weight is 126 g/mol. The first-order valence-electron chi connectivity index (χ1n) is 1.74. The number of hydrogen-bond acceptors (Lipinski definition) is 0. The van der Waals surface area contributed by atoms with E-state index >= 15 is 0 Å². The Hall–Kier alpha value is 0.403. The first-order valence-corrected chi connectivity index (χ1v) is 4.00. The van der Waals surface area contributed by atoms with Crippen molar-refractivity contribution in [2.75, 3.05) is 0 Å². The summed E-state index contributed by atoms with van der Waals surface area (Å²) in [6, 6.07) is 0. The van der Waals surface area contributed by atoms with E-state index in [1.165, 1.54) is 11.5 Å². The van der Waals surface area contributed by atoms with E-state index in [-0.39, 0.29) is 0 Å². The molecular formula is C3H4AsB. The van der Waals surface area contributed by atoms with Gasteiger partial charge >= 0.3 is 38.1 Å². The summed E-state index contributed by atoms with van der Waals surface area (Å²) in [6.45, 7) is 2.15. The molecule has 24 valence electrons. The van der Waals surface area contributed by atoms with Gasteiger partial charge in [0.05, 0.1) is 0 Å². The molecule has 2 heteroatoms. The van der Waals surface area contributed by atoms with Crippen LogP contribution in [0.25, 0.3) is 0 Å². The van der Waals surface area contributed by atoms with Crippen LogP contribution in [-0.2, 0) is 0 Å². The van der Waals surface area contributed by atoms with E-state index in [4.69, 9.17) is 0 Å². The molecule has 0 aromatic heterocycles. The second-order valence-corrected chi connectivity index (χ2v) is 3.15. The summed E-state index contributed by atoms with van der Waals surface area (Å²) in [6.07, 6.45) is 1.31. The van der Waals surface area contributed by atoms with E-state index in [1.54, 1.807) is 0 Å². The van der Waals surface area contributed by atoms with Crippen LogP contribution in [0.2, 0.25) is 11.5 Å². The molecule has 1 rings (SSSR count). The van der Waals surface area contributed by atoms with Crippen molar-refractivity contribution in [3.63, 3.8) is 0 Å². The van der Waals surface area contributed by atoms with Gasteiger partial charge < -0.3 is 0 Å². The molecule has 0 amide bonds. The first-order chi connectivity index (χ1) is 2.50. The third kappa shape index (κ3) is 0.871. The standard InChI is InChI=1S/C3H4AsB/c1-2-5-3-4-1/h1-2H2. The predicted molar refractivity (Wildman–Crippen MR) is 26.1 cm³/mol. The van der Waals surface area contributed by atoms with Crippen LogP contribution in [0.15, 0.2) is 0 Å². The molecular weight excluding hydrogens is 122 g/mol. The Morgan fingerprint density at radius 3 is 3.00 bits per heavy atom. The first kappa shape index (κ1) is 3.59. The molecule has 0 bridgehead atoms. The molecule has 1 aliphatic heterocycles. The summed E-state index contributed by atoms with van der Waals surface area (Å²) in [5.74, 6) is 0. The van der Waals surface area contributed by atoms with Gasteiger partial charge in [-0.3, -0.25) is 0 Å². The number of hydrogen-bond donors (Lipinski definition) is 0. The van der Waals surface area contributed by atoms with E-state index < -0.39 is 0 Å². The van der Waals surface area contributed by atoms with Crippen molar-refractivity contribution >= 4 is 26.6 Å². The molecule has 0 N–H and O–H groups in total. The summed E-state index contributed by atoms with van der Waals surface area (Å²) in [5, 5.41) is 1.43. The Bertz CT molecular complexity index is 72.9. The van der Waals surface area contributed by atoms with Crippen LogP contribution in [0.4, 0.5) is 0 Å². The fourth-order valence-electron chi connectivity index (χ4n) is 0.323. The van der Waals surface area contributed by atoms with Gasteiger partial charge in [0.25, 0.3) is 0 Å². The topological polar surface area (TPSA) is 0 Å². The second kappa shape index (κ2) is 1.75. The summed E-state index contributed by atoms with van der Waals surface area (Å²) in [5.41, 5.74) is 0. The van der Waals surface area contributed by atoms with Crippen molar-refractivity contribution in [1.82, 2.24) is 0 Å². The van der Waals surface area contributed by atoms with E-state index in [0.29, 0.717) is 15.3 Å². The van der Waals surface area contributed by atoms with Gasteiger partial charge in [0.1, 0.15) is 0 Å². The van der Waals surface area contributed by atoms with Gasteiger partial charge in [-0.1, -0.05) is 0 Å². The van der Waals surface area contributed by atoms with Crippen LogP contribution in [0.1, 0.15) is 0 Å². The minimum atomic E-state index is 0.549. The normalized spacial score (nSPS) is 19.2. The van der Waals surface area contributed by atoms with E-state index in [1.807, 2.05) is 0 Å². The Labute approximate surface area is 38.7 Å². The molecule has 0 radical (unpaired) electrons. The zero-order valence-electron chi connectivity index (χ0n) is 2.94. The quantitative estimate of drug-likeness (QED) is 0.397. The summed E-state index contributed by atoms with van der Waals surface area (Å²) in [7, 11) is 0. The van der Waals surface area contributed by atoms with Crippen molar-refractivity contribution < 1.29 is 0 Å². The Balaban J connectivity index is 2.64. The fourth-order valence-corrected chi connectivity index (χ4v) is 1.68. The van der Waals surface area contributed by atoms with Gasteiger partial charge in [-0.05, 0) is 0 Å².